The van der Waals surface area contributed by atoms with Crippen LogP contribution >= 0.6 is 39.7 Å². The van der Waals surface area contributed by atoms with Crippen molar-refractivity contribution < 1.29 is 0 Å². The maximum atomic E-state index is 2.25. The van der Waals surface area contributed by atoms with Gasteiger partial charge in [0.25, 0.3) is 0 Å². The van der Waals surface area contributed by atoms with Crippen molar-refractivity contribution >= 4 is 39.7 Å². The molecule has 0 N–H and O–H groups in total. The van der Waals surface area contributed by atoms with Crippen LogP contribution in [0.5, 0.6) is 0 Å². The molecule has 0 amide bonds. The van der Waals surface area contributed by atoms with Crippen LogP contribution in [0.3, 0.4) is 0 Å². The van der Waals surface area contributed by atoms with E-state index in [9.17, 15) is 0 Å². The number of hydrogen-bond acceptors (Lipinski definition) is 3. The van der Waals surface area contributed by atoms with Crippen molar-refractivity contribution in [1.29, 1.82) is 0 Å². The standard InChI is InChI=1S/C5H11PS3/c1-2-7-6-8-4-3-5-9-6/h2-5H2,1H3. The van der Waals surface area contributed by atoms with Gasteiger partial charge in [0.15, 0.2) is 0 Å². The summed E-state index contributed by atoms with van der Waals surface area (Å²) in [6, 6.07) is 0. The van der Waals surface area contributed by atoms with Gasteiger partial charge in [0, 0.05) is 0 Å². The van der Waals surface area contributed by atoms with E-state index in [0.29, 0.717) is 0 Å². The third-order valence-corrected chi connectivity index (χ3v) is 12.2. The summed E-state index contributed by atoms with van der Waals surface area (Å²) >= 11 is 6.50. The van der Waals surface area contributed by atoms with Crippen molar-refractivity contribution in [2.24, 2.45) is 0 Å². The third kappa shape index (κ3) is 3.41. The lowest BCUT2D eigenvalue weighted by atomic mass is 10.6. The van der Waals surface area contributed by atoms with Gasteiger partial charge in [-0.3, -0.25) is 0 Å². The zero-order valence-electron chi connectivity index (χ0n) is 5.50. The summed E-state index contributed by atoms with van der Waals surface area (Å²) in [5.41, 5.74) is 0.278. The maximum absolute atomic E-state index is 2.25. The Morgan fingerprint density at radius 3 is 2.67 bits per heavy atom. The van der Waals surface area contributed by atoms with Crippen LogP contribution in [0.2, 0.25) is 0 Å². The first-order chi connectivity index (χ1) is 4.43. The molecule has 9 heavy (non-hydrogen) atoms. The molecular weight excluding hydrogens is 187 g/mol. The molecule has 0 saturated carbocycles. The predicted octanol–water partition coefficient (Wildman–Crippen LogP) is 3.84. The summed E-state index contributed by atoms with van der Waals surface area (Å²) in [7, 11) is 0. The first-order valence-electron chi connectivity index (χ1n) is 3.12. The van der Waals surface area contributed by atoms with Gasteiger partial charge in [0.05, 0.1) is 5.53 Å². The minimum Gasteiger partial charge on any atom is -0.113 e. The first kappa shape index (κ1) is 8.58. The van der Waals surface area contributed by atoms with Crippen LogP contribution in [0.15, 0.2) is 0 Å². The van der Waals surface area contributed by atoms with E-state index in [1.54, 1.807) is 0 Å². The summed E-state index contributed by atoms with van der Waals surface area (Å²) < 4.78 is 0. The lowest BCUT2D eigenvalue weighted by Gasteiger charge is -2.18. The summed E-state index contributed by atoms with van der Waals surface area (Å²) in [4.78, 5) is 0. The van der Waals surface area contributed by atoms with E-state index in [1.165, 1.54) is 23.7 Å². The fourth-order valence-electron chi connectivity index (χ4n) is 0.554. The quantitative estimate of drug-likeness (QED) is 0.619. The van der Waals surface area contributed by atoms with E-state index >= 15 is 0 Å². The van der Waals surface area contributed by atoms with E-state index in [-0.39, 0.29) is 5.53 Å². The molecular formula is C5H11PS3. The zero-order valence-corrected chi connectivity index (χ0v) is 8.84. The summed E-state index contributed by atoms with van der Waals surface area (Å²) in [6.07, 6.45) is 1.43. The summed E-state index contributed by atoms with van der Waals surface area (Å²) in [5.74, 6) is 4.11. The highest BCUT2D eigenvalue weighted by atomic mass is 33.4. The van der Waals surface area contributed by atoms with Gasteiger partial charge in [-0.2, -0.15) is 0 Å². The van der Waals surface area contributed by atoms with Gasteiger partial charge in [-0.25, -0.2) is 0 Å². The minimum atomic E-state index is 0.278. The van der Waals surface area contributed by atoms with E-state index in [2.05, 4.69) is 41.1 Å². The fraction of sp³-hybridized carbons (Fsp3) is 1.00. The summed E-state index contributed by atoms with van der Waals surface area (Å²) in [6.45, 7) is 2.25. The van der Waals surface area contributed by atoms with Crippen LogP contribution in [0.1, 0.15) is 13.3 Å². The van der Waals surface area contributed by atoms with Crippen LogP contribution in [0.4, 0.5) is 0 Å². The molecule has 0 spiro atoms. The maximum Gasteiger partial charge on any atom is 0.0729 e. The van der Waals surface area contributed by atoms with Crippen LogP contribution in [0, 0.1) is 0 Å². The van der Waals surface area contributed by atoms with Crippen molar-refractivity contribution in [2.45, 2.75) is 13.3 Å². The molecule has 1 fully saturated rings. The fourth-order valence-corrected chi connectivity index (χ4v) is 11.6. The van der Waals surface area contributed by atoms with Crippen molar-refractivity contribution in [3.63, 3.8) is 0 Å². The van der Waals surface area contributed by atoms with Crippen LogP contribution < -0.4 is 0 Å². The molecule has 1 aliphatic heterocycles. The summed E-state index contributed by atoms with van der Waals surface area (Å²) in [5, 5.41) is 0. The Kier molecular flexibility index (Phi) is 4.93. The predicted molar refractivity (Wildman–Crippen MR) is 54.6 cm³/mol. The molecule has 0 nitrogen and oxygen atoms in total. The van der Waals surface area contributed by atoms with Gasteiger partial charge in [-0.05, 0) is 23.7 Å². The average Bonchev–Trinajstić information content (AvgIpc) is 1.91. The van der Waals surface area contributed by atoms with Gasteiger partial charge >= 0.3 is 0 Å². The molecule has 1 aliphatic rings. The molecule has 0 aromatic rings. The van der Waals surface area contributed by atoms with Crippen molar-refractivity contribution in [3.8, 4) is 0 Å². The molecule has 1 rings (SSSR count). The molecule has 0 atom stereocenters. The molecule has 1 heterocycles. The second kappa shape index (κ2) is 5.17. The topological polar surface area (TPSA) is 0 Å². The molecule has 0 bridgehead atoms. The Bertz CT molecular complexity index is 69.8. The second-order valence-corrected chi connectivity index (χ2v) is 12.0. The molecule has 0 aromatic carbocycles. The Hall–Kier alpha value is 1.48. The third-order valence-electron chi connectivity index (χ3n) is 0.917. The van der Waals surface area contributed by atoms with Crippen molar-refractivity contribution in [1.82, 2.24) is 0 Å². The monoisotopic (exact) mass is 198 g/mol. The van der Waals surface area contributed by atoms with Crippen LogP contribution in [-0.2, 0) is 0 Å². The Balaban J connectivity index is 2.08. The number of hydrogen-bond donors (Lipinski definition) is 0. The highest BCUT2D eigenvalue weighted by Gasteiger charge is 2.13. The Morgan fingerprint density at radius 1 is 1.44 bits per heavy atom. The molecule has 1 saturated heterocycles. The van der Waals surface area contributed by atoms with Gasteiger partial charge in [0.2, 0.25) is 0 Å². The lowest BCUT2D eigenvalue weighted by molar-refractivity contribution is 1.13. The van der Waals surface area contributed by atoms with E-state index in [1.807, 2.05) is 0 Å². The van der Waals surface area contributed by atoms with Gasteiger partial charge in [0.1, 0.15) is 0 Å². The normalized spacial score (nSPS) is 22.3. The van der Waals surface area contributed by atoms with Gasteiger partial charge in [-0.1, -0.05) is 6.92 Å². The van der Waals surface area contributed by atoms with Crippen molar-refractivity contribution in [3.05, 3.63) is 0 Å². The van der Waals surface area contributed by atoms with E-state index in [0.717, 1.165) is 0 Å². The van der Waals surface area contributed by atoms with Crippen molar-refractivity contribution in [2.75, 3.05) is 17.3 Å². The minimum absolute atomic E-state index is 0.278. The lowest BCUT2D eigenvalue weighted by Crippen LogP contribution is -1.85. The molecule has 0 radical (unpaired) electrons. The first-order valence-corrected chi connectivity index (χ1v) is 9.23. The van der Waals surface area contributed by atoms with Gasteiger partial charge < -0.3 is 0 Å². The molecule has 0 unspecified atom stereocenters. The number of rotatable bonds is 2. The second-order valence-electron chi connectivity index (χ2n) is 1.66. The van der Waals surface area contributed by atoms with E-state index < -0.39 is 0 Å². The smallest absolute Gasteiger partial charge is 0.0729 e. The molecule has 54 valence electrons. The molecule has 0 aliphatic carbocycles. The molecule has 0 aromatic heterocycles. The Labute approximate surface area is 70.3 Å². The highest BCUT2D eigenvalue weighted by Crippen LogP contribution is 2.72. The van der Waals surface area contributed by atoms with Crippen LogP contribution in [-0.4, -0.2) is 17.3 Å². The Morgan fingerprint density at radius 2 is 2.11 bits per heavy atom. The molecule has 4 heteroatoms. The van der Waals surface area contributed by atoms with Gasteiger partial charge in [-0.15, -0.1) is 34.1 Å². The SMILES string of the molecule is CCSP1SCCCS1. The van der Waals surface area contributed by atoms with E-state index in [4.69, 9.17) is 0 Å². The zero-order chi connectivity index (χ0) is 6.53. The highest BCUT2D eigenvalue weighted by molar-refractivity contribution is 9.12. The van der Waals surface area contributed by atoms with Crippen LogP contribution in [0.25, 0.3) is 0 Å². The average molecular weight is 198 g/mol. The largest absolute Gasteiger partial charge is 0.113 e.